The SMILES string of the molecule is CN=C(NCCCCC(C)C)NCCCc1nn(-c2ccccc2)c(N)c1C#N. The summed E-state index contributed by atoms with van der Waals surface area (Å²) in [5.41, 5.74) is 8.20. The summed E-state index contributed by atoms with van der Waals surface area (Å²) in [5.74, 6) is 1.95. The van der Waals surface area contributed by atoms with Crippen LogP contribution in [-0.2, 0) is 6.42 Å². The molecule has 0 saturated carbocycles. The molecule has 0 amide bonds. The van der Waals surface area contributed by atoms with Crippen LogP contribution in [0.2, 0.25) is 0 Å². The van der Waals surface area contributed by atoms with E-state index in [2.05, 4.69) is 40.6 Å². The highest BCUT2D eigenvalue weighted by Gasteiger charge is 2.16. The van der Waals surface area contributed by atoms with Gasteiger partial charge in [0.1, 0.15) is 17.5 Å². The Morgan fingerprint density at radius 1 is 1.17 bits per heavy atom. The largest absolute Gasteiger partial charge is 0.382 e. The molecule has 7 heteroatoms. The minimum atomic E-state index is 0.389. The zero-order valence-corrected chi connectivity index (χ0v) is 17.8. The summed E-state index contributed by atoms with van der Waals surface area (Å²) in [4.78, 5) is 4.26. The molecule has 29 heavy (non-hydrogen) atoms. The van der Waals surface area contributed by atoms with Gasteiger partial charge in [-0.05, 0) is 37.3 Å². The number of nitrogens with two attached hydrogens (primary N) is 1. The number of nitriles is 1. The van der Waals surface area contributed by atoms with E-state index in [1.807, 2.05) is 30.3 Å². The number of unbranched alkanes of at least 4 members (excludes halogenated alkanes) is 1. The second kappa shape index (κ2) is 11.7. The van der Waals surface area contributed by atoms with Crippen molar-refractivity contribution in [3.8, 4) is 11.8 Å². The molecule has 0 aliphatic heterocycles. The number of para-hydroxylation sites is 1. The van der Waals surface area contributed by atoms with Crippen LogP contribution in [-0.4, -0.2) is 35.9 Å². The van der Waals surface area contributed by atoms with Gasteiger partial charge in [0.2, 0.25) is 0 Å². The first-order chi connectivity index (χ1) is 14.1. The number of aryl methyl sites for hydroxylation is 1. The van der Waals surface area contributed by atoms with Gasteiger partial charge in [0.25, 0.3) is 0 Å². The molecule has 0 saturated heterocycles. The number of hydrogen-bond acceptors (Lipinski definition) is 4. The van der Waals surface area contributed by atoms with Crippen molar-refractivity contribution >= 4 is 11.8 Å². The van der Waals surface area contributed by atoms with Crippen molar-refractivity contribution in [1.29, 1.82) is 5.26 Å². The maximum absolute atomic E-state index is 9.49. The minimum absolute atomic E-state index is 0.389. The van der Waals surface area contributed by atoms with Crippen molar-refractivity contribution in [3.05, 3.63) is 41.6 Å². The van der Waals surface area contributed by atoms with Gasteiger partial charge >= 0.3 is 0 Å². The summed E-state index contributed by atoms with van der Waals surface area (Å²) in [5, 5.41) is 20.7. The van der Waals surface area contributed by atoms with Crippen LogP contribution in [0.4, 0.5) is 5.82 Å². The summed E-state index contributed by atoms with van der Waals surface area (Å²) < 4.78 is 1.64. The smallest absolute Gasteiger partial charge is 0.190 e. The lowest BCUT2D eigenvalue weighted by molar-refractivity contribution is 0.534. The van der Waals surface area contributed by atoms with Crippen LogP contribution >= 0.6 is 0 Å². The van der Waals surface area contributed by atoms with Gasteiger partial charge in [-0.1, -0.05) is 44.9 Å². The topological polar surface area (TPSA) is 104 Å². The van der Waals surface area contributed by atoms with Crippen LogP contribution in [0.1, 0.15) is 50.8 Å². The van der Waals surface area contributed by atoms with Crippen molar-refractivity contribution < 1.29 is 0 Å². The van der Waals surface area contributed by atoms with Crippen LogP contribution in [0.5, 0.6) is 0 Å². The number of anilines is 1. The third-order valence-corrected chi connectivity index (χ3v) is 4.71. The van der Waals surface area contributed by atoms with Crippen molar-refractivity contribution in [2.75, 3.05) is 25.9 Å². The summed E-state index contributed by atoms with van der Waals surface area (Å²) in [6.07, 6.45) is 5.12. The van der Waals surface area contributed by atoms with Gasteiger partial charge in [0.15, 0.2) is 5.96 Å². The molecule has 4 N–H and O–H groups in total. The number of aromatic nitrogens is 2. The highest BCUT2D eigenvalue weighted by atomic mass is 15.3. The lowest BCUT2D eigenvalue weighted by Gasteiger charge is -2.12. The molecule has 0 atom stereocenters. The predicted octanol–water partition coefficient (Wildman–Crippen LogP) is 3.25. The number of nitrogens with zero attached hydrogens (tertiary/aromatic N) is 4. The fourth-order valence-electron chi connectivity index (χ4n) is 3.11. The highest BCUT2D eigenvalue weighted by molar-refractivity contribution is 5.79. The van der Waals surface area contributed by atoms with Gasteiger partial charge in [-0.3, -0.25) is 4.99 Å². The Hall–Kier alpha value is -3.01. The van der Waals surface area contributed by atoms with E-state index in [4.69, 9.17) is 5.73 Å². The van der Waals surface area contributed by atoms with Crippen LogP contribution in [0.15, 0.2) is 35.3 Å². The first-order valence-corrected chi connectivity index (χ1v) is 10.3. The molecule has 0 unspecified atom stereocenters. The Morgan fingerprint density at radius 2 is 1.86 bits per heavy atom. The Labute approximate surface area is 174 Å². The van der Waals surface area contributed by atoms with E-state index >= 15 is 0 Å². The Balaban J connectivity index is 1.82. The maximum Gasteiger partial charge on any atom is 0.190 e. The minimum Gasteiger partial charge on any atom is -0.382 e. The second-order valence-corrected chi connectivity index (χ2v) is 7.49. The molecular weight excluding hydrogens is 362 g/mol. The average molecular weight is 396 g/mol. The van der Waals surface area contributed by atoms with Crippen LogP contribution in [0.3, 0.4) is 0 Å². The predicted molar refractivity (Wildman–Crippen MR) is 119 cm³/mol. The Kier molecular flexibility index (Phi) is 9.03. The zero-order chi connectivity index (χ0) is 21.1. The molecule has 0 radical (unpaired) electrons. The monoisotopic (exact) mass is 395 g/mol. The van der Waals surface area contributed by atoms with Gasteiger partial charge in [-0.25, -0.2) is 4.68 Å². The van der Waals surface area contributed by atoms with Crippen LogP contribution in [0.25, 0.3) is 5.69 Å². The lowest BCUT2D eigenvalue weighted by atomic mass is 10.1. The molecule has 2 aromatic rings. The van der Waals surface area contributed by atoms with Crippen LogP contribution in [0, 0.1) is 17.2 Å². The third-order valence-electron chi connectivity index (χ3n) is 4.71. The van der Waals surface area contributed by atoms with Gasteiger partial charge in [-0.2, -0.15) is 10.4 Å². The number of rotatable bonds is 10. The molecule has 1 heterocycles. The van der Waals surface area contributed by atoms with Gasteiger partial charge in [0.05, 0.1) is 11.4 Å². The molecule has 156 valence electrons. The van der Waals surface area contributed by atoms with E-state index in [0.29, 0.717) is 17.8 Å². The molecule has 0 bridgehead atoms. The van der Waals surface area contributed by atoms with Gasteiger partial charge in [-0.15, -0.1) is 0 Å². The molecule has 0 aliphatic carbocycles. The number of aliphatic imine (C=N–C) groups is 1. The first-order valence-electron chi connectivity index (χ1n) is 10.3. The van der Waals surface area contributed by atoms with Crippen molar-refractivity contribution in [3.63, 3.8) is 0 Å². The van der Waals surface area contributed by atoms with Crippen LogP contribution < -0.4 is 16.4 Å². The van der Waals surface area contributed by atoms with Gasteiger partial charge in [0, 0.05) is 20.1 Å². The summed E-state index contributed by atoms with van der Waals surface area (Å²) in [6, 6.07) is 11.8. The molecule has 2 rings (SSSR count). The Bertz CT molecular complexity index is 816. The van der Waals surface area contributed by atoms with Crippen molar-refractivity contribution in [1.82, 2.24) is 20.4 Å². The van der Waals surface area contributed by atoms with E-state index in [0.717, 1.165) is 49.2 Å². The van der Waals surface area contributed by atoms with E-state index in [-0.39, 0.29) is 0 Å². The molecule has 1 aromatic heterocycles. The number of nitrogen functional groups attached to an aromatic ring is 1. The van der Waals surface area contributed by atoms with Crippen molar-refractivity contribution in [2.24, 2.45) is 10.9 Å². The summed E-state index contributed by atoms with van der Waals surface area (Å²) in [6.45, 7) is 6.17. The van der Waals surface area contributed by atoms with E-state index in [1.54, 1.807) is 11.7 Å². The molecule has 7 nitrogen and oxygen atoms in total. The fraction of sp³-hybridized carbons (Fsp3) is 0.500. The molecule has 0 aliphatic rings. The summed E-state index contributed by atoms with van der Waals surface area (Å²) >= 11 is 0. The number of benzene rings is 1. The van der Waals surface area contributed by atoms with Gasteiger partial charge < -0.3 is 16.4 Å². The van der Waals surface area contributed by atoms with E-state index < -0.39 is 0 Å². The fourth-order valence-corrected chi connectivity index (χ4v) is 3.11. The van der Waals surface area contributed by atoms with Crippen molar-refractivity contribution in [2.45, 2.75) is 46.0 Å². The Morgan fingerprint density at radius 3 is 2.48 bits per heavy atom. The number of nitrogens with one attached hydrogen (secondary N) is 2. The van der Waals surface area contributed by atoms with E-state index in [1.165, 1.54) is 12.8 Å². The standard InChI is InChI=1S/C22H33N7/c1-17(2)10-7-8-14-26-22(25-3)27-15-9-13-20-19(16-23)21(24)29(28-20)18-11-5-4-6-12-18/h4-6,11-12,17H,7-10,13-15,24H2,1-3H3,(H2,25,26,27). The highest BCUT2D eigenvalue weighted by Crippen LogP contribution is 2.21. The molecule has 1 aromatic carbocycles. The second-order valence-electron chi connectivity index (χ2n) is 7.49. The lowest BCUT2D eigenvalue weighted by Crippen LogP contribution is -2.38. The number of guanidine groups is 1. The van der Waals surface area contributed by atoms with E-state index in [9.17, 15) is 5.26 Å². The molecule has 0 fully saturated rings. The normalized spacial score (nSPS) is 11.5. The molecule has 0 spiro atoms. The third kappa shape index (κ3) is 6.83. The molecular formula is C22H33N7. The zero-order valence-electron chi connectivity index (χ0n) is 17.8. The summed E-state index contributed by atoms with van der Waals surface area (Å²) in [7, 11) is 1.78. The maximum atomic E-state index is 9.49. The first kappa shape index (κ1) is 22.3. The average Bonchev–Trinajstić information content (AvgIpc) is 3.05. The number of hydrogen-bond donors (Lipinski definition) is 3. The quantitative estimate of drug-likeness (QED) is 0.325.